The van der Waals surface area contributed by atoms with Gasteiger partial charge in [-0.1, -0.05) is 30.9 Å². The normalized spacial score (nSPS) is 15.4. The van der Waals surface area contributed by atoms with Crippen molar-refractivity contribution in [2.45, 2.75) is 19.9 Å². The number of hydrogen-bond acceptors (Lipinski definition) is 5. The van der Waals surface area contributed by atoms with Gasteiger partial charge in [-0.3, -0.25) is 0 Å². The van der Waals surface area contributed by atoms with Crippen LogP contribution in [0.15, 0.2) is 84.7 Å². The maximum atomic E-state index is 12.8. The van der Waals surface area contributed by atoms with Crippen LogP contribution in [0.4, 0.5) is 4.79 Å². The second kappa shape index (κ2) is 10.1. The van der Waals surface area contributed by atoms with Crippen molar-refractivity contribution < 1.29 is 19.1 Å². The number of ether oxygens (including phenoxy) is 2. The molecule has 0 aliphatic carbocycles. The summed E-state index contributed by atoms with van der Waals surface area (Å²) in [4.78, 5) is 25.2. The van der Waals surface area contributed by atoms with Gasteiger partial charge in [0, 0.05) is 23.0 Å². The fourth-order valence-corrected chi connectivity index (χ4v) is 3.81. The number of rotatable bonds is 8. The Morgan fingerprint density at radius 1 is 1.18 bits per heavy atom. The largest absolute Gasteiger partial charge is 0.490 e. The summed E-state index contributed by atoms with van der Waals surface area (Å²) < 4.78 is 12.6. The molecule has 1 aromatic heterocycles. The maximum absolute atomic E-state index is 12.8. The average Bonchev–Trinajstić information content (AvgIpc) is 3.29. The van der Waals surface area contributed by atoms with Crippen molar-refractivity contribution in [1.29, 1.82) is 0 Å². The number of amides is 2. The summed E-state index contributed by atoms with van der Waals surface area (Å²) in [7, 11) is 0. The Hall–Kier alpha value is -4.33. The zero-order valence-electron chi connectivity index (χ0n) is 19.1. The molecule has 0 radical (unpaired) electrons. The summed E-state index contributed by atoms with van der Waals surface area (Å²) in [5, 5.41) is 10.4. The minimum Gasteiger partial charge on any atom is -0.490 e. The van der Waals surface area contributed by atoms with Crippen LogP contribution in [0.2, 0.25) is 0 Å². The molecule has 0 saturated heterocycles. The molecule has 0 bridgehead atoms. The van der Waals surface area contributed by atoms with E-state index in [1.54, 1.807) is 24.6 Å². The van der Waals surface area contributed by atoms with Gasteiger partial charge in [-0.15, -0.1) is 0 Å². The van der Waals surface area contributed by atoms with Gasteiger partial charge in [0.15, 0.2) is 0 Å². The third kappa shape index (κ3) is 4.71. The Bertz CT molecular complexity index is 1230. The number of urea groups is 1. The first-order valence-corrected chi connectivity index (χ1v) is 11.0. The smallest absolute Gasteiger partial charge is 0.338 e. The predicted octanol–water partition coefficient (Wildman–Crippen LogP) is 4.30. The first kappa shape index (κ1) is 22.8. The molecule has 1 aliphatic heterocycles. The molecule has 0 saturated carbocycles. The van der Waals surface area contributed by atoms with E-state index in [1.807, 2.05) is 60.8 Å². The molecule has 2 heterocycles. The number of esters is 1. The second-order valence-corrected chi connectivity index (χ2v) is 7.63. The molecule has 8 heteroatoms. The van der Waals surface area contributed by atoms with Gasteiger partial charge in [-0.05, 0) is 50.2 Å². The minimum absolute atomic E-state index is 0.221. The van der Waals surface area contributed by atoms with Gasteiger partial charge in [-0.25, -0.2) is 14.3 Å². The van der Waals surface area contributed by atoms with E-state index in [9.17, 15) is 9.59 Å². The number of carbonyl (C=O) groups is 2. The molecule has 2 N–H and O–H groups in total. The SMILES string of the molecule is C=CCOc1ccc(-c2nn(-c3ccccc3)cc2[C@H]2NC(=O)NC(C)=C2C(=O)OCC)cc1. The van der Waals surface area contributed by atoms with E-state index in [2.05, 4.69) is 17.2 Å². The Morgan fingerprint density at radius 3 is 2.59 bits per heavy atom. The van der Waals surface area contributed by atoms with Crippen molar-refractivity contribution in [3.8, 4) is 22.7 Å². The third-order valence-corrected chi connectivity index (χ3v) is 5.33. The number of para-hydroxylation sites is 1. The lowest BCUT2D eigenvalue weighted by Gasteiger charge is -2.27. The highest BCUT2D eigenvalue weighted by molar-refractivity contribution is 5.95. The second-order valence-electron chi connectivity index (χ2n) is 7.63. The number of nitrogens with zero attached hydrogens (tertiary/aromatic N) is 2. The standard InChI is InChI=1S/C26H26N4O4/c1-4-15-34-20-13-11-18(12-14-20)23-21(16-30(29-23)19-9-7-6-8-10-19)24-22(25(31)33-5-2)17(3)27-26(32)28-24/h4,6-14,16,24H,1,5,15H2,2-3H3,(H2,27,28,32)/t24-/m1/s1. The molecule has 4 rings (SSSR count). The van der Waals surface area contributed by atoms with Gasteiger partial charge in [0.1, 0.15) is 12.4 Å². The van der Waals surface area contributed by atoms with Gasteiger partial charge >= 0.3 is 12.0 Å². The third-order valence-electron chi connectivity index (χ3n) is 5.33. The van der Waals surface area contributed by atoms with E-state index in [-0.39, 0.29) is 6.61 Å². The molecule has 174 valence electrons. The molecule has 2 amide bonds. The van der Waals surface area contributed by atoms with Crippen LogP contribution >= 0.6 is 0 Å². The zero-order valence-corrected chi connectivity index (χ0v) is 19.1. The van der Waals surface area contributed by atoms with E-state index < -0.39 is 18.0 Å². The Kier molecular flexibility index (Phi) is 6.77. The van der Waals surface area contributed by atoms with Crippen LogP contribution < -0.4 is 15.4 Å². The molecule has 3 aromatic rings. The Labute approximate surface area is 197 Å². The fourth-order valence-electron chi connectivity index (χ4n) is 3.81. The van der Waals surface area contributed by atoms with Crippen molar-refractivity contribution in [1.82, 2.24) is 20.4 Å². The minimum atomic E-state index is -0.739. The van der Waals surface area contributed by atoms with Crippen LogP contribution in [0, 0.1) is 0 Å². The molecule has 8 nitrogen and oxygen atoms in total. The van der Waals surface area contributed by atoms with Crippen LogP contribution in [0.5, 0.6) is 5.75 Å². The van der Waals surface area contributed by atoms with Gasteiger partial charge in [-0.2, -0.15) is 5.10 Å². The van der Waals surface area contributed by atoms with Crippen molar-refractivity contribution >= 4 is 12.0 Å². The molecule has 1 aliphatic rings. The van der Waals surface area contributed by atoms with E-state index >= 15 is 0 Å². The fraction of sp³-hybridized carbons (Fsp3) is 0.192. The van der Waals surface area contributed by atoms with Crippen LogP contribution in [0.25, 0.3) is 16.9 Å². The monoisotopic (exact) mass is 458 g/mol. The lowest BCUT2D eigenvalue weighted by molar-refractivity contribution is -0.139. The average molecular weight is 459 g/mol. The summed E-state index contributed by atoms with van der Waals surface area (Å²) in [5.74, 6) is 0.204. The highest BCUT2D eigenvalue weighted by atomic mass is 16.5. The molecule has 2 aromatic carbocycles. The van der Waals surface area contributed by atoms with Crippen LogP contribution in [-0.2, 0) is 9.53 Å². The highest BCUT2D eigenvalue weighted by Gasteiger charge is 2.35. The topological polar surface area (TPSA) is 94.5 Å². The number of carbonyl (C=O) groups excluding carboxylic acids is 2. The quantitative estimate of drug-likeness (QED) is 0.388. The predicted molar refractivity (Wildman–Crippen MR) is 128 cm³/mol. The first-order chi connectivity index (χ1) is 16.5. The van der Waals surface area contributed by atoms with Crippen LogP contribution in [0.1, 0.15) is 25.5 Å². The van der Waals surface area contributed by atoms with Gasteiger partial charge < -0.3 is 20.1 Å². The molecule has 0 fully saturated rings. The molecule has 1 atom stereocenters. The molecule has 0 spiro atoms. The number of benzene rings is 2. The lowest BCUT2D eigenvalue weighted by Crippen LogP contribution is -2.45. The van der Waals surface area contributed by atoms with E-state index in [0.29, 0.717) is 34.9 Å². The summed E-state index contributed by atoms with van der Waals surface area (Å²) in [6, 6.07) is 16.0. The Morgan fingerprint density at radius 2 is 1.91 bits per heavy atom. The molecule has 34 heavy (non-hydrogen) atoms. The highest BCUT2D eigenvalue weighted by Crippen LogP contribution is 2.35. The molecule has 0 unspecified atom stereocenters. The van der Waals surface area contributed by atoms with Crippen molar-refractivity contribution in [2.24, 2.45) is 0 Å². The number of nitrogens with one attached hydrogen (secondary N) is 2. The first-order valence-electron chi connectivity index (χ1n) is 11.0. The number of aromatic nitrogens is 2. The summed E-state index contributed by atoms with van der Waals surface area (Å²) in [6.07, 6.45) is 3.51. The number of allylic oxidation sites excluding steroid dienone is 1. The van der Waals surface area contributed by atoms with Crippen molar-refractivity contribution in [2.75, 3.05) is 13.2 Å². The van der Waals surface area contributed by atoms with Crippen molar-refractivity contribution in [3.05, 3.63) is 90.3 Å². The molecular formula is C26H26N4O4. The Balaban J connectivity index is 1.84. The van der Waals surface area contributed by atoms with E-state index in [0.717, 1.165) is 11.3 Å². The lowest BCUT2D eigenvalue weighted by atomic mass is 9.94. The summed E-state index contributed by atoms with van der Waals surface area (Å²) >= 11 is 0. The maximum Gasteiger partial charge on any atom is 0.338 e. The van der Waals surface area contributed by atoms with Gasteiger partial charge in [0.05, 0.1) is 29.6 Å². The van der Waals surface area contributed by atoms with Crippen LogP contribution in [0.3, 0.4) is 0 Å². The van der Waals surface area contributed by atoms with E-state index in [1.165, 1.54) is 0 Å². The summed E-state index contributed by atoms with van der Waals surface area (Å²) in [5.41, 5.74) is 3.73. The van der Waals surface area contributed by atoms with Crippen LogP contribution in [-0.4, -0.2) is 35.0 Å². The summed E-state index contributed by atoms with van der Waals surface area (Å²) in [6.45, 7) is 7.72. The number of hydrogen-bond donors (Lipinski definition) is 2. The molecular weight excluding hydrogens is 432 g/mol. The van der Waals surface area contributed by atoms with Gasteiger partial charge in [0.2, 0.25) is 0 Å². The zero-order chi connectivity index (χ0) is 24.1. The van der Waals surface area contributed by atoms with Crippen molar-refractivity contribution in [3.63, 3.8) is 0 Å². The van der Waals surface area contributed by atoms with Gasteiger partial charge in [0.25, 0.3) is 0 Å². The van der Waals surface area contributed by atoms with E-state index in [4.69, 9.17) is 14.6 Å².